The molecule has 3 aromatic carbocycles. The van der Waals surface area contributed by atoms with Crippen LogP contribution in [0, 0.1) is 23.5 Å². The smallest absolute Gasteiger partial charge is 0.422 e. The summed E-state index contributed by atoms with van der Waals surface area (Å²) in [6.07, 6.45) is 9.16. The largest absolute Gasteiger partial charge is 0.481 e. The summed E-state index contributed by atoms with van der Waals surface area (Å²) in [4.78, 5) is 0. The van der Waals surface area contributed by atoms with Gasteiger partial charge in [-0.05, 0) is 71.7 Å². The lowest BCUT2D eigenvalue weighted by Gasteiger charge is -2.28. The molecule has 0 bridgehead atoms. The van der Waals surface area contributed by atoms with Crippen molar-refractivity contribution in [2.24, 2.45) is 11.8 Å². The second-order valence-corrected chi connectivity index (χ2v) is 11.2. The quantitative estimate of drug-likeness (QED) is 0.162. The zero-order valence-electron chi connectivity index (χ0n) is 22.8. The minimum atomic E-state index is -4.54. The Morgan fingerprint density at radius 2 is 1.46 bits per heavy atom. The Hall–Kier alpha value is -2.63. The molecule has 1 fully saturated rings. The van der Waals surface area contributed by atoms with Crippen LogP contribution in [0.4, 0.5) is 22.0 Å². The Morgan fingerprint density at radius 3 is 2.15 bits per heavy atom. The molecule has 0 heterocycles. The first kappa shape index (κ1) is 29.4. The number of hydrogen-bond donors (Lipinski definition) is 0. The van der Waals surface area contributed by atoms with Crippen molar-refractivity contribution in [3.05, 3.63) is 76.9 Å². The van der Waals surface area contributed by atoms with Gasteiger partial charge in [-0.2, -0.15) is 13.2 Å². The molecule has 3 aromatic rings. The molecule has 1 aliphatic rings. The van der Waals surface area contributed by atoms with E-state index in [-0.39, 0.29) is 5.82 Å². The Morgan fingerprint density at radius 1 is 0.769 bits per heavy atom. The molecule has 0 aliphatic heterocycles. The van der Waals surface area contributed by atoms with Gasteiger partial charge < -0.3 is 4.74 Å². The van der Waals surface area contributed by atoms with Crippen LogP contribution in [0.15, 0.2) is 48.5 Å². The zero-order chi connectivity index (χ0) is 27.8. The second kappa shape index (κ2) is 13.6. The van der Waals surface area contributed by atoms with Crippen LogP contribution < -0.4 is 4.74 Å². The molecule has 6 heteroatoms. The van der Waals surface area contributed by atoms with Crippen molar-refractivity contribution in [3.8, 4) is 5.75 Å². The summed E-state index contributed by atoms with van der Waals surface area (Å²) in [7, 11) is 0. The van der Waals surface area contributed by atoms with Gasteiger partial charge in [0.15, 0.2) is 18.2 Å². The Labute approximate surface area is 228 Å². The molecule has 4 rings (SSSR count). The number of unbranched alkanes of at least 4 members (excludes halogenated alkanes) is 2. The lowest BCUT2D eigenvalue weighted by molar-refractivity contribution is -0.153. The number of aryl methyl sites for hydroxylation is 3. The number of benzene rings is 3. The van der Waals surface area contributed by atoms with E-state index < -0.39 is 24.3 Å². The van der Waals surface area contributed by atoms with E-state index in [4.69, 9.17) is 0 Å². The number of ether oxygens (including phenoxy) is 1. The lowest BCUT2D eigenvalue weighted by Crippen LogP contribution is -2.19. The van der Waals surface area contributed by atoms with Crippen molar-refractivity contribution in [1.29, 1.82) is 0 Å². The lowest BCUT2D eigenvalue weighted by atomic mass is 9.77. The number of fused-ring (bicyclic) bond motifs is 1. The van der Waals surface area contributed by atoms with Gasteiger partial charge in [0.05, 0.1) is 0 Å². The molecule has 0 spiro atoms. The second-order valence-electron chi connectivity index (χ2n) is 11.2. The summed E-state index contributed by atoms with van der Waals surface area (Å²) in [5.41, 5.74) is 2.34. The van der Waals surface area contributed by atoms with Crippen molar-refractivity contribution >= 4 is 10.8 Å². The highest BCUT2D eigenvalue weighted by Gasteiger charge is 2.29. The van der Waals surface area contributed by atoms with Gasteiger partial charge >= 0.3 is 6.18 Å². The van der Waals surface area contributed by atoms with Crippen LogP contribution >= 0.6 is 0 Å². The third-order valence-electron chi connectivity index (χ3n) is 8.19. The van der Waals surface area contributed by atoms with Crippen LogP contribution in [-0.4, -0.2) is 12.8 Å². The maximum Gasteiger partial charge on any atom is 0.422 e. The molecular formula is C33H39F5O. The molecule has 0 N–H and O–H groups in total. The number of halogens is 5. The highest BCUT2D eigenvalue weighted by atomic mass is 19.4. The van der Waals surface area contributed by atoms with Gasteiger partial charge in [-0.25, -0.2) is 8.78 Å². The predicted molar refractivity (Wildman–Crippen MR) is 147 cm³/mol. The Balaban J connectivity index is 1.29. The summed E-state index contributed by atoms with van der Waals surface area (Å²) >= 11 is 0. The maximum atomic E-state index is 15.3. The molecular weight excluding hydrogens is 507 g/mol. The fourth-order valence-electron chi connectivity index (χ4n) is 5.85. The van der Waals surface area contributed by atoms with Crippen LogP contribution in [0.1, 0.15) is 81.4 Å². The zero-order valence-corrected chi connectivity index (χ0v) is 22.8. The first-order valence-electron chi connectivity index (χ1n) is 14.4. The SMILES string of the molecule is CCCCCC1CCC(CCc2ccc3c(F)c(CCc4ccc(OCC(F)(F)F)c(F)c4)ccc3c2)CC1. The molecule has 0 unspecified atom stereocenters. The van der Waals surface area contributed by atoms with Crippen molar-refractivity contribution in [3.63, 3.8) is 0 Å². The van der Waals surface area contributed by atoms with Crippen molar-refractivity contribution in [2.45, 2.75) is 90.1 Å². The van der Waals surface area contributed by atoms with E-state index in [0.717, 1.165) is 29.7 Å². The first-order valence-corrected chi connectivity index (χ1v) is 14.4. The summed E-state index contributed by atoms with van der Waals surface area (Å²) < 4.78 is 70.9. The van der Waals surface area contributed by atoms with Gasteiger partial charge in [-0.3, -0.25) is 0 Å². The number of rotatable bonds is 12. The van der Waals surface area contributed by atoms with Gasteiger partial charge in [0, 0.05) is 5.39 Å². The minimum absolute atomic E-state index is 0.272. The molecule has 0 atom stereocenters. The monoisotopic (exact) mass is 546 g/mol. The van der Waals surface area contributed by atoms with Gasteiger partial charge in [0.2, 0.25) is 0 Å². The minimum Gasteiger partial charge on any atom is -0.481 e. The summed E-state index contributed by atoms with van der Waals surface area (Å²) in [5.74, 6) is 0.131. The van der Waals surface area contributed by atoms with E-state index in [1.807, 2.05) is 18.2 Å². The third-order valence-corrected chi connectivity index (χ3v) is 8.19. The van der Waals surface area contributed by atoms with Crippen LogP contribution in [0.5, 0.6) is 5.75 Å². The molecule has 0 saturated heterocycles. The van der Waals surface area contributed by atoms with E-state index in [2.05, 4.69) is 17.7 Å². The predicted octanol–water partition coefficient (Wildman–Crippen LogP) is 10.2. The number of hydrogen-bond acceptors (Lipinski definition) is 1. The molecule has 1 nitrogen and oxygen atoms in total. The number of alkyl halides is 3. The van der Waals surface area contributed by atoms with Crippen molar-refractivity contribution < 1.29 is 26.7 Å². The van der Waals surface area contributed by atoms with Crippen LogP contribution in [-0.2, 0) is 19.3 Å². The average Bonchev–Trinajstić information content (AvgIpc) is 2.91. The molecule has 1 aliphatic carbocycles. The molecule has 0 radical (unpaired) electrons. The van der Waals surface area contributed by atoms with E-state index in [0.29, 0.717) is 29.4 Å². The first-order chi connectivity index (χ1) is 18.7. The van der Waals surface area contributed by atoms with Gasteiger partial charge in [0.1, 0.15) is 5.82 Å². The van der Waals surface area contributed by atoms with E-state index in [1.165, 1.54) is 75.5 Å². The summed E-state index contributed by atoms with van der Waals surface area (Å²) in [5, 5.41) is 1.46. The van der Waals surface area contributed by atoms with Crippen LogP contribution in [0.25, 0.3) is 10.8 Å². The van der Waals surface area contributed by atoms with E-state index in [1.54, 1.807) is 6.07 Å². The molecule has 39 heavy (non-hydrogen) atoms. The molecule has 212 valence electrons. The Kier molecular flexibility index (Phi) is 10.3. The van der Waals surface area contributed by atoms with Crippen LogP contribution in [0.3, 0.4) is 0 Å². The summed E-state index contributed by atoms with van der Waals surface area (Å²) in [6, 6.07) is 13.5. The van der Waals surface area contributed by atoms with E-state index in [9.17, 15) is 17.6 Å². The molecule has 0 amide bonds. The van der Waals surface area contributed by atoms with Crippen molar-refractivity contribution in [2.75, 3.05) is 6.61 Å². The topological polar surface area (TPSA) is 9.23 Å². The molecule has 1 saturated carbocycles. The maximum absolute atomic E-state index is 15.3. The standard InChI is InChI=1S/C33H39F5O/c1-2-3-4-5-23-6-8-24(9-7-23)10-11-25-13-18-29-28(20-25)17-16-27(32(29)35)15-12-26-14-19-31(30(34)21-26)39-22-33(36,37)38/h13-14,16-21,23-24H,2-12,15,22H2,1H3. The molecule has 0 aromatic heterocycles. The van der Waals surface area contributed by atoms with Gasteiger partial charge in [0.25, 0.3) is 0 Å². The van der Waals surface area contributed by atoms with Crippen LogP contribution in [0.2, 0.25) is 0 Å². The van der Waals surface area contributed by atoms with Gasteiger partial charge in [-0.15, -0.1) is 0 Å². The van der Waals surface area contributed by atoms with Crippen molar-refractivity contribution in [1.82, 2.24) is 0 Å². The normalized spacial score (nSPS) is 18.0. The Bertz CT molecular complexity index is 1210. The fourth-order valence-corrected chi connectivity index (χ4v) is 5.85. The van der Waals surface area contributed by atoms with E-state index >= 15 is 4.39 Å². The van der Waals surface area contributed by atoms with Gasteiger partial charge in [-0.1, -0.05) is 94.7 Å². The fraction of sp³-hybridized carbons (Fsp3) is 0.515. The highest BCUT2D eigenvalue weighted by Crippen LogP contribution is 2.34. The third kappa shape index (κ3) is 8.68. The average molecular weight is 547 g/mol. The summed E-state index contributed by atoms with van der Waals surface area (Å²) in [6.45, 7) is 0.711. The highest BCUT2D eigenvalue weighted by molar-refractivity contribution is 5.84.